The lowest BCUT2D eigenvalue weighted by atomic mass is 10.2. The highest BCUT2D eigenvalue weighted by Crippen LogP contribution is 1.99. The second-order valence-corrected chi connectivity index (χ2v) is 2.42. The monoisotopic (exact) mass is 192 g/mol. The van der Waals surface area contributed by atoms with Crippen LogP contribution in [-0.2, 0) is 9.59 Å². The maximum Gasteiger partial charge on any atom is 0.300 e. The van der Waals surface area contributed by atoms with Gasteiger partial charge < -0.3 is 5.11 Å². The number of allylic oxidation sites excluding steroid dienone is 1. The molecular weight excluding hydrogens is 180 g/mol. The van der Waals surface area contributed by atoms with Crippen molar-refractivity contribution in [3.05, 3.63) is 42.0 Å². The molecular formula is C11H12O3. The Kier molecular flexibility index (Phi) is 6.68. The summed E-state index contributed by atoms with van der Waals surface area (Å²) in [6.45, 7) is 1.08. The predicted molar refractivity (Wildman–Crippen MR) is 54.8 cm³/mol. The van der Waals surface area contributed by atoms with Gasteiger partial charge in [0.15, 0.2) is 0 Å². The Labute approximate surface area is 82.7 Å². The lowest BCUT2D eigenvalue weighted by molar-refractivity contribution is -0.134. The standard InChI is InChI=1S/C9H8O.C2H4O2/c10-8-4-7-9-5-2-1-3-6-9;1-2(3)4/h1-8H;1H3,(H,3,4)/b7-4+;. The van der Waals surface area contributed by atoms with Crippen LogP contribution in [0.2, 0.25) is 0 Å². The van der Waals surface area contributed by atoms with Gasteiger partial charge in [-0.2, -0.15) is 0 Å². The van der Waals surface area contributed by atoms with Crippen LogP contribution in [0.15, 0.2) is 36.4 Å². The van der Waals surface area contributed by atoms with Gasteiger partial charge in [0.05, 0.1) is 0 Å². The third kappa shape index (κ3) is 8.20. The minimum Gasteiger partial charge on any atom is -0.481 e. The quantitative estimate of drug-likeness (QED) is 0.576. The Bertz CT molecular complexity index is 298. The van der Waals surface area contributed by atoms with E-state index in [1.54, 1.807) is 6.08 Å². The van der Waals surface area contributed by atoms with Gasteiger partial charge in [0.2, 0.25) is 0 Å². The Morgan fingerprint density at radius 3 is 2.21 bits per heavy atom. The largest absolute Gasteiger partial charge is 0.481 e. The number of aliphatic carboxylic acids is 1. The van der Waals surface area contributed by atoms with E-state index in [1.807, 2.05) is 30.3 Å². The van der Waals surface area contributed by atoms with E-state index in [9.17, 15) is 4.79 Å². The molecule has 0 saturated heterocycles. The summed E-state index contributed by atoms with van der Waals surface area (Å²) in [7, 11) is 0. The normalized spacial score (nSPS) is 8.93. The van der Waals surface area contributed by atoms with Crippen LogP contribution < -0.4 is 0 Å². The summed E-state index contributed by atoms with van der Waals surface area (Å²) in [6, 6.07) is 9.70. The van der Waals surface area contributed by atoms with Crippen molar-refractivity contribution in [3.8, 4) is 0 Å². The van der Waals surface area contributed by atoms with Crippen LogP contribution in [0.1, 0.15) is 12.5 Å². The number of hydrogen-bond acceptors (Lipinski definition) is 2. The van der Waals surface area contributed by atoms with Crippen molar-refractivity contribution >= 4 is 18.3 Å². The maximum atomic E-state index is 9.89. The van der Waals surface area contributed by atoms with Crippen molar-refractivity contribution in [2.24, 2.45) is 0 Å². The summed E-state index contributed by atoms with van der Waals surface area (Å²) in [5.74, 6) is -0.833. The highest BCUT2D eigenvalue weighted by atomic mass is 16.4. The van der Waals surface area contributed by atoms with Crippen molar-refractivity contribution in [1.82, 2.24) is 0 Å². The van der Waals surface area contributed by atoms with Gasteiger partial charge >= 0.3 is 0 Å². The molecule has 0 spiro atoms. The molecule has 3 nitrogen and oxygen atoms in total. The van der Waals surface area contributed by atoms with Crippen LogP contribution in [0, 0.1) is 0 Å². The number of rotatable bonds is 2. The molecule has 74 valence electrons. The first-order valence-corrected chi connectivity index (χ1v) is 4.03. The van der Waals surface area contributed by atoms with Crippen LogP contribution in [-0.4, -0.2) is 17.4 Å². The van der Waals surface area contributed by atoms with Crippen molar-refractivity contribution in [3.63, 3.8) is 0 Å². The number of hydrogen-bond donors (Lipinski definition) is 1. The Hall–Kier alpha value is -1.90. The Balaban J connectivity index is 0.000000364. The second kappa shape index (κ2) is 7.73. The predicted octanol–water partition coefficient (Wildman–Crippen LogP) is 1.99. The molecule has 0 heterocycles. The molecule has 0 aromatic heterocycles. The average Bonchev–Trinajstić information content (AvgIpc) is 2.15. The molecule has 3 heteroatoms. The van der Waals surface area contributed by atoms with Gasteiger partial charge in [-0.05, 0) is 11.6 Å². The molecule has 0 unspecified atom stereocenters. The van der Waals surface area contributed by atoms with E-state index in [4.69, 9.17) is 9.90 Å². The summed E-state index contributed by atoms with van der Waals surface area (Å²) >= 11 is 0. The number of carbonyl (C=O) groups excluding carboxylic acids is 1. The molecule has 1 N–H and O–H groups in total. The van der Waals surface area contributed by atoms with E-state index in [0.717, 1.165) is 18.8 Å². The van der Waals surface area contributed by atoms with E-state index >= 15 is 0 Å². The topological polar surface area (TPSA) is 54.4 Å². The van der Waals surface area contributed by atoms with Crippen LogP contribution in [0.25, 0.3) is 6.08 Å². The van der Waals surface area contributed by atoms with Gasteiger partial charge in [-0.3, -0.25) is 9.59 Å². The third-order valence-electron chi connectivity index (χ3n) is 1.17. The highest BCUT2D eigenvalue weighted by Gasteiger charge is 1.79. The molecule has 0 bridgehead atoms. The molecule has 0 amide bonds. The summed E-state index contributed by atoms with van der Waals surface area (Å²) in [4.78, 5) is 18.9. The third-order valence-corrected chi connectivity index (χ3v) is 1.17. The molecule has 0 atom stereocenters. The smallest absolute Gasteiger partial charge is 0.300 e. The Morgan fingerprint density at radius 1 is 1.29 bits per heavy atom. The molecule has 0 saturated carbocycles. The highest BCUT2D eigenvalue weighted by molar-refractivity contribution is 5.73. The fraction of sp³-hybridized carbons (Fsp3) is 0.0909. The SMILES string of the molecule is CC(=O)O.O=C/C=C/c1ccccc1. The van der Waals surface area contributed by atoms with Crippen LogP contribution in [0.3, 0.4) is 0 Å². The average molecular weight is 192 g/mol. The molecule has 1 rings (SSSR count). The lowest BCUT2D eigenvalue weighted by Gasteiger charge is -1.86. The maximum absolute atomic E-state index is 9.89. The van der Waals surface area contributed by atoms with E-state index in [-0.39, 0.29) is 0 Å². The summed E-state index contributed by atoms with van der Waals surface area (Å²) in [6.07, 6.45) is 4.02. The van der Waals surface area contributed by atoms with Gasteiger partial charge in [-0.15, -0.1) is 0 Å². The van der Waals surface area contributed by atoms with Gasteiger partial charge in [0, 0.05) is 6.92 Å². The minimum atomic E-state index is -0.833. The van der Waals surface area contributed by atoms with Crippen molar-refractivity contribution in [1.29, 1.82) is 0 Å². The molecule has 14 heavy (non-hydrogen) atoms. The van der Waals surface area contributed by atoms with E-state index in [1.165, 1.54) is 6.08 Å². The minimum absolute atomic E-state index is 0.771. The molecule has 0 aliphatic rings. The van der Waals surface area contributed by atoms with E-state index in [2.05, 4.69) is 0 Å². The van der Waals surface area contributed by atoms with Crippen LogP contribution >= 0.6 is 0 Å². The first-order chi connectivity index (χ1) is 6.66. The molecule has 0 radical (unpaired) electrons. The van der Waals surface area contributed by atoms with Crippen LogP contribution in [0.4, 0.5) is 0 Å². The first kappa shape index (κ1) is 12.1. The molecule has 1 aromatic carbocycles. The fourth-order valence-electron chi connectivity index (χ4n) is 0.715. The molecule has 0 aliphatic carbocycles. The second-order valence-electron chi connectivity index (χ2n) is 2.42. The zero-order chi connectivity index (χ0) is 10.8. The fourth-order valence-corrected chi connectivity index (χ4v) is 0.715. The van der Waals surface area contributed by atoms with Crippen LogP contribution in [0.5, 0.6) is 0 Å². The number of carboxylic acids is 1. The number of benzene rings is 1. The zero-order valence-corrected chi connectivity index (χ0v) is 7.88. The summed E-state index contributed by atoms with van der Waals surface area (Å²) in [5, 5.41) is 7.42. The van der Waals surface area contributed by atoms with E-state index in [0.29, 0.717) is 0 Å². The number of aldehydes is 1. The van der Waals surface area contributed by atoms with Gasteiger partial charge in [0.25, 0.3) is 5.97 Å². The number of carbonyl (C=O) groups is 2. The summed E-state index contributed by atoms with van der Waals surface area (Å²) in [5.41, 5.74) is 1.05. The summed E-state index contributed by atoms with van der Waals surface area (Å²) < 4.78 is 0. The lowest BCUT2D eigenvalue weighted by Crippen LogP contribution is -1.78. The van der Waals surface area contributed by atoms with Gasteiger partial charge in [-0.1, -0.05) is 36.4 Å². The first-order valence-electron chi connectivity index (χ1n) is 4.03. The molecule has 0 fully saturated rings. The molecule has 0 aliphatic heterocycles. The van der Waals surface area contributed by atoms with Crippen molar-refractivity contribution < 1.29 is 14.7 Å². The van der Waals surface area contributed by atoms with Crippen molar-refractivity contribution in [2.75, 3.05) is 0 Å². The van der Waals surface area contributed by atoms with E-state index < -0.39 is 5.97 Å². The molecule has 1 aromatic rings. The number of carboxylic acid groups (broad SMARTS) is 1. The van der Waals surface area contributed by atoms with Gasteiger partial charge in [0.1, 0.15) is 6.29 Å². The zero-order valence-electron chi connectivity index (χ0n) is 7.88. The Morgan fingerprint density at radius 2 is 1.79 bits per heavy atom. The van der Waals surface area contributed by atoms with Gasteiger partial charge in [-0.25, -0.2) is 0 Å². The van der Waals surface area contributed by atoms with Crippen molar-refractivity contribution in [2.45, 2.75) is 6.92 Å².